The molecule has 0 radical (unpaired) electrons. The normalized spacial score (nSPS) is 13.0. The number of carbonyl (C=O) groups is 1. The zero-order chi connectivity index (χ0) is 10.8. The SMILES string of the molecule is C[N+](C)(N)/C(Br)=C/C(=O)c1cccs1. The summed E-state index contributed by atoms with van der Waals surface area (Å²) in [7, 11) is 3.56. The van der Waals surface area contributed by atoms with Gasteiger partial charge in [0, 0.05) is 15.9 Å². The topological polar surface area (TPSA) is 43.1 Å². The molecule has 0 fully saturated rings. The van der Waals surface area contributed by atoms with E-state index in [1.165, 1.54) is 17.4 Å². The van der Waals surface area contributed by atoms with E-state index >= 15 is 0 Å². The third-order valence-electron chi connectivity index (χ3n) is 1.56. The summed E-state index contributed by atoms with van der Waals surface area (Å²) >= 11 is 4.70. The second-order valence-corrected chi connectivity index (χ2v) is 5.11. The molecule has 3 nitrogen and oxygen atoms in total. The van der Waals surface area contributed by atoms with Crippen LogP contribution in [0.4, 0.5) is 0 Å². The summed E-state index contributed by atoms with van der Waals surface area (Å²) in [5, 5.41) is 1.87. The second-order valence-electron chi connectivity index (χ2n) is 3.35. The predicted molar refractivity (Wildman–Crippen MR) is 62.0 cm³/mol. The minimum absolute atomic E-state index is 0.0245. The van der Waals surface area contributed by atoms with Gasteiger partial charge in [0.05, 0.1) is 25.0 Å². The van der Waals surface area contributed by atoms with E-state index in [9.17, 15) is 4.79 Å². The van der Waals surface area contributed by atoms with Gasteiger partial charge in [0.1, 0.15) is 0 Å². The highest BCUT2D eigenvalue weighted by atomic mass is 79.9. The molecule has 0 saturated heterocycles. The number of ketones is 1. The van der Waals surface area contributed by atoms with E-state index in [1.54, 1.807) is 20.2 Å². The first-order chi connectivity index (χ1) is 6.41. The van der Waals surface area contributed by atoms with Crippen molar-refractivity contribution in [3.05, 3.63) is 33.1 Å². The Labute approximate surface area is 95.5 Å². The molecule has 0 aliphatic carbocycles. The van der Waals surface area contributed by atoms with Gasteiger partial charge in [0.15, 0.2) is 4.61 Å². The maximum atomic E-state index is 11.6. The Morgan fingerprint density at radius 3 is 2.71 bits per heavy atom. The first kappa shape index (κ1) is 11.6. The molecule has 0 amide bonds. The lowest BCUT2D eigenvalue weighted by Crippen LogP contribution is -2.43. The monoisotopic (exact) mass is 275 g/mol. The van der Waals surface area contributed by atoms with Crippen molar-refractivity contribution in [2.24, 2.45) is 5.84 Å². The average molecular weight is 276 g/mol. The summed E-state index contributed by atoms with van der Waals surface area (Å²) < 4.78 is 0.757. The smallest absolute Gasteiger partial charge is 0.202 e. The van der Waals surface area contributed by atoms with Gasteiger partial charge in [-0.15, -0.1) is 11.3 Å². The van der Waals surface area contributed by atoms with Crippen LogP contribution in [0.25, 0.3) is 0 Å². The lowest BCUT2D eigenvalue weighted by molar-refractivity contribution is -0.855. The molecule has 0 aliphatic rings. The molecule has 0 aliphatic heterocycles. The van der Waals surface area contributed by atoms with Gasteiger partial charge in [-0.05, 0) is 11.4 Å². The van der Waals surface area contributed by atoms with Crippen LogP contribution in [0.2, 0.25) is 0 Å². The maximum absolute atomic E-state index is 11.6. The van der Waals surface area contributed by atoms with Crippen LogP contribution in [0.3, 0.4) is 0 Å². The molecule has 1 heterocycles. The van der Waals surface area contributed by atoms with E-state index < -0.39 is 0 Å². The molecule has 2 N–H and O–H groups in total. The van der Waals surface area contributed by atoms with Crippen LogP contribution in [0.15, 0.2) is 28.2 Å². The summed E-state index contributed by atoms with van der Waals surface area (Å²) in [5.41, 5.74) is 0. The summed E-state index contributed by atoms with van der Waals surface area (Å²) in [6.45, 7) is 0. The molecule has 0 atom stereocenters. The van der Waals surface area contributed by atoms with E-state index in [1.807, 2.05) is 11.4 Å². The highest BCUT2D eigenvalue weighted by molar-refractivity contribution is 9.11. The third kappa shape index (κ3) is 3.02. The Bertz CT molecular complexity index is 351. The fraction of sp³-hybridized carbons (Fsp3) is 0.222. The van der Waals surface area contributed by atoms with E-state index in [2.05, 4.69) is 15.9 Å². The molecule has 1 rings (SSSR count). The molecular weight excluding hydrogens is 264 g/mol. The first-order valence-electron chi connectivity index (χ1n) is 3.99. The molecule has 0 unspecified atom stereocenters. The van der Waals surface area contributed by atoms with Crippen molar-refractivity contribution in [3.63, 3.8) is 0 Å². The van der Waals surface area contributed by atoms with Crippen molar-refractivity contribution < 1.29 is 9.39 Å². The van der Waals surface area contributed by atoms with Gasteiger partial charge in [-0.2, -0.15) is 5.84 Å². The van der Waals surface area contributed by atoms with Crippen molar-refractivity contribution in [2.75, 3.05) is 14.1 Å². The van der Waals surface area contributed by atoms with E-state index in [4.69, 9.17) is 5.84 Å². The predicted octanol–water partition coefficient (Wildman–Crippen LogP) is 2.12. The molecule has 0 aromatic carbocycles. The van der Waals surface area contributed by atoms with Crippen LogP contribution >= 0.6 is 27.3 Å². The second kappa shape index (κ2) is 4.35. The lowest BCUT2D eigenvalue weighted by atomic mass is 10.3. The molecule has 14 heavy (non-hydrogen) atoms. The van der Waals surface area contributed by atoms with Crippen LogP contribution in [0.5, 0.6) is 0 Å². The van der Waals surface area contributed by atoms with Crippen LogP contribution in [-0.4, -0.2) is 24.5 Å². The lowest BCUT2D eigenvalue weighted by Gasteiger charge is -2.20. The van der Waals surface area contributed by atoms with E-state index in [0.717, 1.165) is 4.88 Å². The molecule has 0 spiro atoms. The largest absolute Gasteiger partial charge is 0.288 e. The summed E-state index contributed by atoms with van der Waals surface area (Å²) in [4.78, 5) is 12.3. The summed E-state index contributed by atoms with van der Waals surface area (Å²) in [5.74, 6) is 5.73. The van der Waals surface area contributed by atoms with Gasteiger partial charge in [-0.3, -0.25) is 4.79 Å². The summed E-state index contributed by atoms with van der Waals surface area (Å²) in [6, 6.07) is 3.64. The van der Waals surface area contributed by atoms with E-state index in [-0.39, 0.29) is 10.4 Å². The van der Waals surface area contributed by atoms with Crippen molar-refractivity contribution in [1.82, 2.24) is 0 Å². The fourth-order valence-corrected chi connectivity index (χ4v) is 1.61. The van der Waals surface area contributed by atoms with Crippen molar-refractivity contribution in [3.8, 4) is 0 Å². The Kier molecular flexibility index (Phi) is 3.60. The van der Waals surface area contributed by atoms with Gasteiger partial charge in [0.2, 0.25) is 5.78 Å². The molecule has 5 heteroatoms. The Morgan fingerprint density at radius 2 is 2.29 bits per heavy atom. The molecule has 0 saturated carbocycles. The highest BCUT2D eigenvalue weighted by Crippen LogP contribution is 2.16. The number of hydrogen-bond donors (Lipinski definition) is 1. The number of rotatable bonds is 3. The van der Waals surface area contributed by atoms with Crippen molar-refractivity contribution in [1.29, 1.82) is 0 Å². The quantitative estimate of drug-likeness (QED) is 0.229. The number of allylic oxidation sites excluding steroid dienone is 1. The van der Waals surface area contributed by atoms with Crippen LogP contribution < -0.4 is 5.84 Å². The Balaban J connectivity index is 2.84. The minimum atomic E-state index is -0.0245. The summed E-state index contributed by atoms with van der Waals surface area (Å²) in [6.07, 6.45) is 1.51. The van der Waals surface area contributed by atoms with E-state index in [0.29, 0.717) is 4.61 Å². The molecule has 1 aromatic heterocycles. The van der Waals surface area contributed by atoms with Gasteiger partial charge >= 0.3 is 0 Å². The van der Waals surface area contributed by atoms with Crippen LogP contribution in [-0.2, 0) is 0 Å². The molecular formula is C9H12BrN2OS+. The number of carbonyl (C=O) groups excluding carboxylic acids is 1. The van der Waals surface area contributed by atoms with Crippen LogP contribution in [0, 0.1) is 0 Å². The average Bonchev–Trinajstić information content (AvgIpc) is 2.53. The number of nitrogens with zero attached hydrogens (tertiary/aromatic N) is 1. The third-order valence-corrected chi connectivity index (χ3v) is 3.59. The molecule has 0 bridgehead atoms. The zero-order valence-corrected chi connectivity index (χ0v) is 10.4. The van der Waals surface area contributed by atoms with Crippen LogP contribution in [0.1, 0.15) is 9.67 Å². The van der Waals surface area contributed by atoms with Gasteiger partial charge in [-0.1, -0.05) is 6.07 Å². The molecule has 1 aromatic rings. The van der Waals surface area contributed by atoms with Crippen molar-refractivity contribution in [2.45, 2.75) is 0 Å². The Hall–Kier alpha value is -0.490. The first-order valence-corrected chi connectivity index (χ1v) is 5.66. The number of quaternary nitrogens is 1. The fourth-order valence-electron chi connectivity index (χ4n) is 0.764. The number of nitrogens with two attached hydrogens (primary N) is 1. The number of halogens is 1. The minimum Gasteiger partial charge on any atom is -0.288 e. The van der Waals surface area contributed by atoms with Gasteiger partial charge in [0.25, 0.3) is 0 Å². The standard InChI is InChI=1S/C9H12BrN2OS/c1-12(2,11)9(10)6-7(13)8-4-3-5-14-8/h3-6H,11H2,1-2H3/q+1/b9-6+. The highest BCUT2D eigenvalue weighted by Gasteiger charge is 2.16. The van der Waals surface area contributed by atoms with Gasteiger partial charge in [-0.25, -0.2) is 4.59 Å². The van der Waals surface area contributed by atoms with Crippen molar-refractivity contribution >= 4 is 33.0 Å². The number of thiophene rings is 1. The van der Waals surface area contributed by atoms with Gasteiger partial charge < -0.3 is 0 Å². The molecule has 76 valence electrons. The zero-order valence-electron chi connectivity index (χ0n) is 8.03. The number of hydrogen-bond acceptors (Lipinski definition) is 3. The Morgan fingerprint density at radius 1 is 1.64 bits per heavy atom. The maximum Gasteiger partial charge on any atom is 0.202 e.